The number of rotatable bonds is 6. The second-order valence-corrected chi connectivity index (χ2v) is 6.90. The largest absolute Gasteiger partial charge is 0.459 e. The molecule has 0 radical (unpaired) electrons. The van der Waals surface area contributed by atoms with E-state index in [1.54, 1.807) is 60.7 Å². The fourth-order valence-corrected chi connectivity index (χ4v) is 2.86. The Labute approximate surface area is 179 Å². The Kier molecular flexibility index (Phi) is 5.80. The van der Waals surface area contributed by atoms with Crippen LogP contribution in [-0.2, 0) is 0 Å². The molecule has 0 aliphatic heterocycles. The maximum absolute atomic E-state index is 12.5. The van der Waals surface area contributed by atoms with Crippen LogP contribution < -0.4 is 15.4 Å². The molecule has 0 saturated carbocycles. The highest BCUT2D eigenvalue weighted by Crippen LogP contribution is 2.23. The van der Waals surface area contributed by atoms with Crippen LogP contribution in [0.25, 0.3) is 0 Å². The number of carbonyl (C=O) groups excluding carboxylic acids is 2. The van der Waals surface area contributed by atoms with Gasteiger partial charge in [-0.2, -0.15) is 0 Å². The molecule has 0 atom stereocenters. The minimum atomic E-state index is -0.352. The van der Waals surface area contributed by atoms with Crippen molar-refractivity contribution in [1.82, 2.24) is 0 Å². The summed E-state index contributed by atoms with van der Waals surface area (Å²) < 4.78 is 10.9. The Morgan fingerprint density at radius 1 is 0.710 bits per heavy atom. The average Bonchev–Trinajstić information content (AvgIpc) is 3.32. The van der Waals surface area contributed by atoms with E-state index in [0.29, 0.717) is 22.7 Å². The highest BCUT2D eigenvalue weighted by molar-refractivity contribution is 6.05. The first kappa shape index (κ1) is 20.0. The van der Waals surface area contributed by atoms with E-state index in [9.17, 15) is 9.59 Å². The van der Waals surface area contributed by atoms with Gasteiger partial charge in [-0.1, -0.05) is 17.7 Å². The van der Waals surface area contributed by atoms with Gasteiger partial charge in [-0.05, 0) is 79.7 Å². The number of benzene rings is 3. The third-order valence-corrected chi connectivity index (χ3v) is 4.52. The first-order valence-electron chi connectivity index (χ1n) is 9.68. The smallest absolute Gasteiger partial charge is 0.291 e. The average molecular weight is 412 g/mol. The predicted molar refractivity (Wildman–Crippen MR) is 119 cm³/mol. The molecule has 1 heterocycles. The summed E-state index contributed by atoms with van der Waals surface area (Å²) in [4.78, 5) is 24.5. The van der Waals surface area contributed by atoms with Crippen LogP contribution in [0.5, 0.6) is 11.5 Å². The minimum Gasteiger partial charge on any atom is -0.459 e. The number of carbonyl (C=O) groups is 2. The van der Waals surface area contributed by atoms with Gasteiger partial charge in [0.15, 0.2) is 5.76 Å². The molecular weight excluding hydrogens is 392 g/mol. The van der Waals surface area contributed by atoms with Crippen LogP contribution in [0.3, 0.4) is 0 Å². The second-order valence-electron chi connectivity index (χ2n) is 6.90. The Morgan fingerprint density at radius 3 is 1.84 bits per heavy atom. The van der Waals surface area contributed by atoms with Gasteiger partial charge in [0.05, 0.1) is 6.26 Å². The lowest BCUT2D eigenvalue weighted by atomic mass is 10.2. The lowest BCUT2D eigenvalue weighted by Gasteiger charge is -2.09. The lowest BCUT2D eigenvalue weighted by molar-refractivity contribution is 0.0995. The molecule has 0 spiro atoms. The van der Waals surface area contributed by atoms with Gasteiger partial charge in [0.1, 0.15) is 11.5 Å². The summed E-state index contributed by atoms with van der Waals surface area (Å²) in [7, 11) is 0. The first-order chi connectivity index (χ1) is 15.1. The fraction of sp³-hybridized carbons (Fsp3) is 0.0400. The fourth-order valence-electron chi connectivity index (χ4n) is 2.86. The van der Waals surface area contributed by atoms with Crippen molar-refractivity contribution < 1.29 is 18.7 Å². The molecule has 0 aliphatic carbocycles. The maximum Gasteiger partial charge on any atom is 0.291 e. The Morgan fingerprint density at radius 2 is 1.26 bits per heavy atom. The molecular formula is C25H20N2O4. The molecule has 2 amide bonds. The second kappa shape index (κ2) is 9.00. The van der Waals surface area contributed by atoms with Crippen LogP contribution in [0.15, 0.2) is 95.6 Å². The highest BCUT2D eigenvalue weighted by Gasteiger charge is 2.10. The number of hydrogen-bond acceptors (Lipinski definition) is 4. The van der Waals surface area contributed by atoms with E-state index in [1.165, 1.54) is 11.8 Å². The van der Waals surface area contributed by atoms with Crippen molar-refractivity contribution in [3.63, 3.8) is 0 Å². The number of anilines is 2. The summed E-state index contributed by atoms with van der Waals surface area (Å²) in [5, 5.41) is 5.55. The number of ether oxygens (including phenoxy) is 1. The summed E-state index contributed by atoms with van der Waals surface area (Å²) in [6.07, 6.45) is 1.43. The third-order valence-electron chi connectivity index (χ3n) is 4.52. The maximum atomic E-state index is 12.5. The summed E-state index contributed by atoms with van der Waals surface area (Å²) in [6, 6.07) is 24.8. The number of hydrogen-bond donors (Lipinski definition) is 2. The van der Waals surface area contributed by atoms with Gasteiger partial charge in [-0.3, -0.25) is 9.59 Å². The molecule has 0 bridgehead atoms. The Hall–Kier alpha value is -4.32. The van der Waals surface area contributed by atoms with E-state index < -0.39 is 0 Å². The van der Waals surface area contributed by atoms with Crippen molar-refractivity contribution >= 4 is 23.2 Å². The molecule has 0 fully saturated rings. The van der Waals surface area contributed by atoms with Gasteiger partial charge in [0, 0.05) is 16.9 Å². The van der Waals surface area contributed by atoms with Crippen molar-refractivity contribution in [3.8, 4) is 11.5 Å². The van der Waals surface area contributed by atoms with E-state index in [0.717, 1.165) is 5.75 Å². The van der Waals surface area contributed by atoms with Crippen LogP contribution in [0, 0.1) is 6.92 Å². The SMILES string of the molecule is Cc1ccc(Oc2ccc(NC(=O)c3ccc(NC(=O)c4ccco4)cc3)cc2)cc1. The zero-order valence-electron chi connectivity index (χ0n) is 16.8. The zero-order valence-corrected chi connectivity index (χ0v) is 16.8. The molecule has 1 aromatic heterocycles. The molecule has 0 unspecified atom stereocenters. The Balaban J connectivity index is 1.34. The van der Waals surface area contributed by atoms with Gasteiger partial charge in [0.2, 0.25) is 0 Å². The monoisotopic (exact) mass is 412 g/mol. The summed E-state index contributed by atoms with van der Waals surface area (Å²) in [5.41, 5.74) is 2.85. The van der Waals surface area contributed by atoms with Crippen molar-refractivity contribution in [2.75, 3.05) is 10.6 Å². The quantitative estimate of drug-likeness (QED) is 0.414. The standard InChI is InChI=1S/C25H20N2O4/c1-17-4-12-21(13-5-17)31-22-14-10-20(11-15-22)26-24(28)18-6-8-19(9-7-18)27-25(29)23-3-2-16-30-23/h2-16H,1H3,(H,26,28)(H,27,29). The predicted octanol–water partition coefficient (Wildman–Crippen LogP) is 5.88. The normalized spacial score (nSPS) is 10.4. The molecule has 2 N–H and O–H groups in total. The van der Waals surface area contributed by atoms with Crippen LogP contribution in [0.4, 0.5) is 11.4 Å². The number of aryl methyl sites for hydroxylation is 1. The summed E-state index contributed by atoms with van der Waals surface area (Å²) in [6.45, 7) is 2.02. The van der Waals surface area contributed by atoms with Crippen molar-refractivity contribution in [3.05, 3.63) is 108 Å². The third kappa shape index (κ3) is 5.19. The van der Waals surface area contributed by atoms with E-state index in [2.05, 4.69) is 10.6 Å². The lowest BCUT2D eigenvalue weighted by Crippen LogP contribution is -2.13. The number of amides is 2. The number of furan rings is 1. The molecule has 4 rings (SSSR count). The zero-order chi connectivity index (χ0) is 21.6. The van der Waals surface area contributed by atoms with E-state index in [-0.39, 0.29) is 17.6 Å². The summed E-state index contributed by atoms with van der Waals surface area (Å²) >= 11 is 0. The molecule has 31 heavy (non-hydrogen) atoms. The van der Waals surface area contributed by atoms with Gasteiger partial charge in [-0.15, -0.1) is 0 Å². The van der Waals surface area contributed by atoms with Crippen molar-refractivity contribution in [1.29, 1.82) is 0 Å². The molecule has 0 aliphatic rings. The van der Waals surface area contributed by atoms with Crippen LogP contribution in [0.2, 0.25) is 0 Å². The molecule has 154 valence electrons. The minimum absolute atomic E-state index is 0.219. The van der Waals surface area contributed by atoms with E-state index in [4.69, 9.17) is 9.15 Å². The topological polar surface area (TPSA) is 80.6 Å². The molecule has 6 heteroatoms. The van der Waals surface area contributed by atoms with Crippen LogP contribution >= 0.6 is 0 Å². The van der Waals surface area contributed by atoms with Gasteiger partial charge < -0.3 is 19.8 Å². The molecule has 6 nitrogen and oxygen atoms in total. The van der Waals surface area contributed by atoms with Crippen molar-refractivity contribution in [2.45, 2.75) is 6.92 Å². The van der Waals surface area contributed by atoms with Gasteiger partial charge in [-0.25, -0.2) is 0 Å². The number of nitrogens with one attached hydrogen (secondary N) is 2. The summed E-state index contributed by atoms with van der Waals surface area (Å²) in [5.74, 6) is 1.04. The molecule has 3 aromatic carbocycles. The van der Waals surface area contributed by atoms with Crippen LogP contribution in [0.1, 0.15) is 26.5 Å². The molecule has 0 saturated heterocycles. The molecule has 4 aromatic rings. The first-order valence-corrected chi connectivity index (χ1v) is 9.68. The van der Waals surface area contributed by atoms with Gasteiger partial charge in [0.25, 0.3) is 11.8 Å². The van der Waals surface area contributed by atoms with Gasteiger partial charge >= 0.3 is 0 Å². The Bertz CT molecular complexity index is 1160. The van der Waals surface area contributed by atoms with Crippen molar-refractivity contribution in [2.24, 2.45) is 0 Å². The highest BCUT2D eigenvalue weighted by atomic mass is 16.5. The van der Waals surface area contributed by atoms with Crippen LogP contribution in [-0.4, -0.2) is 11.8 Å². The van der Waals surface area contributed by atoms with E-state index >= 15 is 0 Å². The van der Waals surface area contributed by atoms with E-state index in [1.807, 2.05) is 31.2 Å².